The quantitative estimate of drug-likeness (QED) is 0.736. The Labute approximate surface area is 91.5 Å². The van der Waals surface area contributed by atoms with Gasteiger partial charge in [0.15, 0.2) is 0 Å². The Morgan fingerprint density at radius 2 is 1.93 bits per heavy atom. The summed E-state index contributed by atoms with van der Waals surface area (Å²) >= 11 is 0. The van der Waals surface area contributed by atoms with Gasteiger partial charge in [-0.25, -0.2) is 0 Å². The van der Waals surface area contributed by atoms with Gasteiger partial charge in [0, 0.05) is 13.1 Å². The Bertz CT molecular complexity index is 361. The minimum Gasteiger partial charge on any atom is -0.273 e. The molecule has 0 saturated heterocycles. The van der Waals surface area contributed by atoms with E-state index in [9.17, 15) is 8.42 Å². The highest BCUT2D eigenvalue weighted by Crippen LogP contribution is 2.60. The molecular weight excluding hydrogens is 214 g/mol. The van der Waals surface area contributed by atoms with Crippen LogP contribution in [0.5, 0.6) is 0 Å². The first-order chi connectivity index (χ1) is 6.74. The molecule has 3 saturated carbocycles. The Hall–Kier alpha value is -0.130. The highest BCUT2D eigenvalue weighted by atomic mass is 32.2. The van der Waals surface area contributed by atoms with E-state index in [0.29, 0.717) is 5.92 Å². The van der Waals surface area contributed by atoms with Gasteiger partial charge in [-0.05, 0) is 36.5 Å². The first-order valence-electron chi connectivity index (χ1n) is 5.45. The minimum atomic E-state index is -4.03. The van der Waals surface area contributed by atoms with Gasteiger partial charge >= 0.3 is 10.3 Å². The lowest BCUT2D eigenvalue weighted by Crippen LogP contribution is -2.59. The van der Waals surface area contributed by atoms with Gasteiger partial charge in [0.2, 0.25) is 0 Å². The molecular formula is C10H19NO3S. The number of hydrogen-bond donors (Lipinski definition) is 1. The fourth-order valence-corrected chi connectivity index (χ4v) is 3.97. The average molecular weight is 233 g/mol. The van der Waals surface area contributed by atoms with E-state index in [1.54, 1.807) is 0 Å². The van der Waals surface area contributed by atoms with Crippen molar-refractivity contribution in [2.45, 2.75) is 39.2 Å². The van der Waals surface area contributed by atoms with E-state index in [2.05, 4.69) is 13.8 Å². The van der Waals surface area contributed by atoms with Crippen molar-refractivity contribution in [3.63, 3.8) is 0 Å². The summed E-state index contributed by atoms with van der Waals surface area (Å²) in [5.74, 6) is 1.15. The summed E-state index contributed by atoms with van der Waals surface area (Å²) in [6.07, 6.45) is 3.07. The first-order valence-corrected chi connectivity index (χ1v) is 6.84. The molecule has 3 fully saturated rings. The number of hydrogen-bond acceptors (Lipinski definition) is 2. The molecule has 3 rings (SSSR count). The van der Waals surface area contributed by atoms with E-state index in [-0.39, 0.29) is 11.5 Å². The molecule has 2 bridgehead atoms. The van der Waals surface area contributed by atoms with E-state index in [1.807, 2.05) is 0 Å². The lowest BCUT2D eigenvalue weighted by atomic mass is 9.47. The van der Waals surface area contributed by atoms with Gasteiger partial charge in [-0.3, -0.25) is 4.55 Å². The zero-order valence-corrected chi connectivity index (χ0v) is 10.3. The van der Waals surface area contributed by atoms with Gasteiger partial charge in [-0.2, -0.15) is 12.7 Å². The van der Waals surface area contributed by atoms with Crippen molar-refractivity contribution in [1.29, 1.82) is 0 Å². The fourth-order valence-electron chi connectivity index (χ4n) is 3.38. The molecule has 0 heterocycles. The maximum atomic E-state index is 11.1. The summed E-state index contributed by atoms with van der Waals surface area (Å²) in [5, 5.41) is 0. The predicted molar refractivity (Wildman–Crippen MR) is 57.7 cm³/mol. The van der Waals surface area contributed by atoms with E-state index in [0.717, 1.165) is 29.5 Å². The topological polar surface area (TPSA) is 57.6 Å². The Morgan fingerprint density at radius 1 is 1.33 bits per heavy atom. The third kappa shape index (κ3) is 1.61. The molecule has 0 aromatic rings. The largest absolute Gasteiger partial charge is 0.335 e. The number of nitrogens with zero attached hydrogens (tertiary/aromatic N) is 1. The molecule has 3 atom stereocenters. The SMILES string of the molecule is CN([C@@H]1CC[C@H]2C[C@H]1C2(C)C)S(=O)(=O)O. The van der Waals surface area contributed by atoms with Crippen LogP contribution in [0.2, 0.25) is 0 Å². The van der Waals surface area contributed by atoms with Crippen molar-refractivity contribution in [2.24, 2.45) is 17.3 Å². The van der Waals surface area contributed by atoms with Gasteiger partial charge in [0.25, 0.3) is 0 Å². The molecule has 0 spiro atoms. The van der Waals surface area contributed by atoms with Crippen LogP contribution in [0.15, 0.2) is 0 Å². The van der Waals surface area contributed by atoms with Crippen molar-refractivity contribution in [2.75, 3.05) is 7.05 Å². The normalized spacial score (nSPS) is 38.9. The highest BCUT2D eigenvalue weighted by molar-refractivity contribution is 7.83. The second-order valence-corrected chi connectivity index (χ2v) is 6.97. The van der Waals surface area contributed by atoms with E-state index in [4.69, 9.17) is 4.55 Å². The summed E-state index contributed by atoms with van der Waals surface area (Å²) in [6.45, 7) is 4.41. The van der Waals surface area contributed by atoms with Crippen LogP contribution < -0.4 is 0 Å². The Balaban J connectivity index is 2.18. The van der Waals surface area contributed by atoms with Crippen molar-refractivity contribution in [3.05, 3.63) is 0 Å². The first kappa shape index (κ1) is 11.4. The summed E-state index contributed by atoms with van der Waals surface area (Å²) < 4.78 is 32.4. The zero-order valence-electron chi connectivity index (χ0n) is 9.47. The van der Waals surface area contributed by atoms with Gasteiger partial charge in [-0.1, -0.05) is 13.8 Å². The van der Waals surface area contributed by atoms with Crippen molar-refractivity contribution >= 4 is 10.3 Å². The second kappa shape index (κ2) is 3.18. The maximum Gasteiger partial charge on any atom is 0.335 e. The average Bonchev–Trinajstić information content (AvgIpc) is 2.15. The van der Waals surface area contributed by atoms with Crippen LogP contribution in [0.3, 0.4) is 0 Å². The molecule has 15 heavy (non-hydrogen) atoms. The van der Waals surface area contributed by atoms with Gasteiger partial charge in [0.1, 0.15) is 0 Å². The molecule has 1 N–H and O–H groups in total. The molecule has 3 aliphatic carbocycles. The van der Waals surface area contributed by atoms with E-state index >= 15 is 0 Å². The summed E-state index contributed by atoms with van der Waals surface area (Å²) in [4.78, 5) is 0. The Kier molecular flexibility index (Phi) is 2.41. The minimum absolute atomic E-state index is 0.0139. The van der Waals surface area contributed by atoms with Crippen LogP contribution in [0.1, 0.15) is 33.1 Å². The second-order valence-electron chi connectivity index (χ2n) is 5.50. The third-order valence-electron chi connectivity index (χ3n) is 4.65. The van der Waals surface area contributed by atoms with E-state index in [1.165, 1.54) is 7.05 Å². The lowest BCUT2D eigenvalue weighted by Gasteiger charge is -2.61. The molecule has 0 radical (unpaired) electrons. The monoisotopic (exact) mass is 233 g/mol. The molecule has 0 aromatic heterocycles. The zero-order chi connectivity index (χ0) is 11.4. The van der Waals surface area contributed by atoms with Crippen LogP contribution in [0.4, 0.5) is 0 Å². The Morgan fingerprint density at radius 3 is 2.33 bits per heavy atom. The smallest absolute Gasteiger partial charge is 0.273 e. The molecule has 0 aromatic carbocycles. The molecule has 3 aliphatic rings. The molecule has 0 unspecified atom stereocenters. The van der Waals surface area contributed by atoms with E-state index < -0.39 is 10.3 Å². The van der Waals surface area contributed by atoms with Crippen LogP contribution in [0, 0.1) is 17.3 Å². The molecule has 0 aliphatic heterocycles. The highest BCUT2D eigenvalue weighted by Gasteiger charge is 2.56. The predicted octanol–water partition coefficient (Wildman–Crippen LogP) is 1.55. The van der Waals surface area contributed by atoms with Crippen LogP contribution in [-0.4, -0.2) is 30.4 Å². The summed E-state index contributed by atoms with van der Waals surface area (Å²) in [6, 6.07) is -0.0139. The van der Waals surface area contributed by atoms with Gasteiger partial charge < -0.3 is 0 Å². The number of fused-ring (bicyclic) bond motifs is 2. The molecule has 4 nitrogen and oxygen atoms in total. The standard InChI is InChI=1S/C10H19NO3S/c1-10(2)7-4-5-9(8(10)6-7)11(3)15(12,13)14/h7-9H,4-6H2,1-3H3,(H,12,13,14)/t7-,8+,9+/m0/s1. The van der Waals surface area contributed by atoms with Gasteiger partial charge in [-0.15, -0.1) is 0 Å². The molecule has 88 valence electrons. The van der Waals surface area contributed by atoms with Crippen LogP contribution in [0.25, 0.3) is 0 Å². The van der Waals surface area contributed by atoms with Crippen molar-refractivity contribution < 1.29 is 13.0 Å². The molecule has 0 amide bonds. The summed E-state index contributed by atoms with van der Waals surface area (Å²) in [5.41, 5.74) is 0.238. The molecule has 5 heteroatoms. The van der Waals surface area contributed by atoms with Gasteiger partial charge in [0.05, 0.1) is 0 Å². The maximum absolute atomic E-state index is 11.1. The lowest BCUT2D eigenvalue weighted by molar-refractivity contribution is -0.102. The third-order valence-corrected chi connectivity index (χ3v) is 5.65. The van der Waals surface area contributed by atoms with Crippen molar-refractivity contribution in [3.8, 4) is 0 Å². The van der Waals surface area contributed by atoms with Crippen LogP contribution in [-0.2, 0) is 10.3 Å². The summed E-state index contributed by atoms with van der Waals surface area (Å²) in [7, 11) is -2.55. The number of rotatable bonds is 2. The van der Waals surface area contributed by atoms with Crippen molar-refractivity contribution in [1.82, 2.24) is 4.31 Å². The fraction of sp³-hybridized carbons (Fsp3) is 1.00. The van der Waals surface area contributed by atoms with Crippen LogP contribution >= 0.6 is 0 Å².